The van der Waals surface area contributed by atoms with Gasteiger partial charge in [-0.3, -0.25) is 0 Å². The normalized spacial score (nSPS) is 16.6. The molecule has 28 heavy (non-hydrogen) atoms. The molecule has 0 unspecified atom stereocenters. The second kappa shape index (κ2) is 7.57. The summed E-state index contributed by atoms with van der Waals surface area (Å²) in [5.41, 5.74) is 1.59. The molecule has 0 N–H and O–H groups in total. The zero-order valence-electron chi connectivity index (χ0n) is 15.5. The monoisotopic (exact) mass is 404 g/mol. The van der Waals surface area contributed by atoms with Crippen LogP contribution in [-0.2, 0) is 21.4 Å². The molecule has 0 amide bonds. The van der Waals surface area contributed by atoms with Crippen molar-refractivity contribution in [3.63, 3.8) is 0 Å². The third kappa shape index (κ3) is 3.41. The fourth-order valence-electron chi connectivity index (χ4n) is 3.69. The number of methoxy groups -OCH3 is 1. The van der Waals surface area contributed by atoms with Gasteiger partial charge in [0.25, 0.3) is 0 Å². The van der Waals surface area contributed by atoms with Crippen LogP contribution in [0, 0.1) is 5.82 Å². The molecule has 2 aromatic heterocycles. The summed E-state index contributed by atoms with van der Waals surface area (Å²) in [6.07, 6.45) is 3.00. The fraction of sp³-hybridized carbons (Fsp3) is 0.368. The van der Waals surface area contributed by atoms with Crippen LogP contribution in [0.1, 0.15) is 24.7 Å². The van der Waals surface area contributed by atoms with Crippen LogP contribution in [0.25, 0.3) is 11.2 Å². The van der Waals surface area contributed by atoms with E-state index >= 15 is 0 Å². The molecular weight excluding hydrogens is 383 g/mol. The number of sulfonamides is 1. The SMILES string of the molecule is COCc1nc2cccnc2n1C1CCN(S(=O)(=O)c2ccc(F)cc2)CC1. The van der Waals surface area contributed by atoms with Crippen molar-refractivity contribution in [1.29, 1.82) is 0 Å². The highest BCUT2D eigenvalue weighted by molar-refractivity contribution is 7.89. The molecule has 3 aromatic rings. The van der Waals surface area contributed by atoms with E-state index in [0.717, 1.165) is 17.0 Å². The first-order chi connectivity index (χ1) is 13.5. The molecule has 1 fully saturated rings. The van der Waals surface area contributed by atoms with Crippen molar-refractivity contribution >= 4 is 21.2 Å². The van der Waals surface area contributed by atoms with Crippen LogP contribution >= 0.6 is 0 Å². The summed E-state index contributed by atoms with van der Waals surface area (Å²) in [6.45, 7) is 1.12. The molecule has 1 aliphatic heterocycles. The topological polar surface area (TPSA) is 77.3 Å². The van der Waals surface area contributed by atoms with E-state index in [2.05, 4.69) is 14.5 Å². The molecule has 9 heteroatoms. The summed E-state index contributed by atoms with van der Waals surface area (Å²) >= 11 is 0. The number of piperidine rings is 1. The second-order valence-corrected chi connectivity index (χ2v) is 8.70. The summed E-state index contributed by atoms with van der Waals surface area (Å²) < 4.78 is 47.6. The minimum absolute atomic E-state index is 0.0877. The van der Waals surface area contributed by atoms with Gasteiger partial charge in [0.2, 0.25) is 10.0 Å². The molecule has 7 nitrogen and oxygen atoms in total. The van der Waals surface area contributed by atoms with Gasteiger partial charge < -0.3 is 9.30 Å². The van der Waals surface area contributed by atoms with Gasteiger partial charge in [0.05, 0.1) is 4.90 Å². The lowest BCUT2D eigenvalue weighted by Crippen LogP contribution is -2.39. The van der Waals surface area contributed by atoms with E-state index in [1.165, 1.54) is 28.6 Å². The number of rotatable bonds is 5. The first-order valence-corrected chi connectivity index (χ1v) is 10.5. The zero-order chi connectivity index (χ0) is 19.7. The van der Waals surface area contributed by atoms with E-state index in [1.807, 2.05) is 12.1 Å². The van der Waals surface area contributed by atoms with Gasteiger partial charge in [-0.15, -0.1) is 0 Å². The number of halogens is 1. The van der Waals surface area contributed by atoms with Crippen molar-refractivity contribution in [3.8, 4) is 0 Å². The summed E-state index contributed by atoms with van der Waals surface area (Å²) in [5.74, 6) is 0.332. The van der Waals surface area contributed by atoms with E-state index in [4.69, 9.17) is 4.74 Å². The summed E-state index contributed by atoms with van der Waals surface area (Å²) in [4.78, 5) is 9.18. The molecule has 3 heterocycles. The van der Waals surface area contributed by atoms with Crippen LogP contribution in [-0.4, -0.2) is 47.5 Å². The minimum atomic E-state index is -3.63. The summed E-state index contributed by atoms with van der Waals surface area (Å²) in [6, 6.07) is 8.78. The average Bonchev–Trinajstić information content (AvgIpc) is 3.07. The van der Waals surface area contributed by atoms with E-state index < -0.39 is 15.8 Å². The van der Waals surface area contributed by atoms with Gasteiger partial charge in [-0.05, 0) is 49.2 Å². The number of imidazole rings is 1. The lowest BCUT2D eigenvalue weighted by atomic mass is 10.1. The Balaban J connectivity index is 1.57. The van der Waals surface area contributed by atoms with Crippen molar-refractivity contribution in [2.75, 3.05) is 20.2 Å². The predicted molar refractivity (Wildman–Crippen MR) is 102 cm³/mol. The van der Waals surface area contributed by atoms with Crippen molar-refractivity contribution in [2.45, 2.75) is 30.4 Å². The quantitative estimate of drug-likeness (QED) is 0.654. The van der Waals surface area contributed by atoms with Crippen LogP contribution in [0.4, 0.5) is 4.39 Å². The molecule has 0 spiro atoms. The molecule has 4 rings (SSSR count). The Bertz CT molecular complexity index is 1070. The first-order valence-electron chi connectivity index (χ1n) is 9.07. The number of benzene rings is 1. The molecule has 1 aromatic carbocycles. The fourth-order valence-corrected chi connectivity index (χ4v) is 5.16. The van der Waals surface area contributed by atoms with Crippen LogP contribution in [0.5, 0.6) is 0 Å². The molecule has 0 aliphatic carbocycles. The molecule has 0 saturated carbocycles. The van der Waals surface area contributed by atoms with Gasteiger partial charge in [0, 0.05) is 32.4 Å². The van der Waals surface area contributed by atoms with Gasteiger partial charge in [0.15, 0.2) is 5.65 Å². The molecule has 0 bridgehead atoms. The number of aromatic nitrogens is 3. The highest BCUT2D eigenvalue weighted by Gasteiger charge is 2.31. The van der Waals surface area contributed by atoms with Crippen molar-refractivity contribution in [2.24, 2.45) is 0 Å². The largest absolute Gasteiger partial charge is 0.377 e. The molecule has 0 radical (unpaired) electrons. The number of hydrogen-bond acceptors (Lipinski definition) is 5. The van der Waals surface area contributed by atoms with Gasteiger partial charge in [0.1, 0.15) is 23.8 Å². The van der Waals surface area contributed by atoms with Crippen molar-refractivity contribution in [3.05, 3.63) is 54.2 Å². The van der Waals surface area contributed by atoms with Crippen LogP contribution < -0.4 is 0 Å². The summed E-state index contributed by atoms with van der Waals surface area (Å²) in [5, 5.41) is 0. The number of fused-ring (bicyclic) bond motifs is 1. The number of pyridine rings is 1. The van der Waals surface area contributed by atoms with Crippen LogP contribution in [0.15, 0.2) is 47.5 Å². The summed E-state index contributed by atoms with van der Waals surface area (Å²) in [7, 11) is -2.01. The molecule has 1 aliphatic rings. The average molecular weight is 404 g/mol. The van der Waals surface area contributed by atoms with Crippen LogP contribution in [0.2, 0.25) is 0 Å². The Morgan fingerprint density at radius 2 is 1.89 bits per heavy atom. The van der Waals surface area contributed by atoms with Gasteiger partial charge >= 0.3 is 0 Å². The van der Waals surface area contributed by atoms with Crippen LogP contribution in [0.3, 0.4) is 0 Å². The van der Waals surface area contributed by atoms with Gasteiger partial charge in [-0.2, -0.15) is 4.31 Å². The lowest BCUT2D eigenvalue weighted by molar-refractivity contribution is 0.168. The third-order valence-electron chi connectivity index (χ3n) is 5.04. The van der Waals surface area contributed by atoms with E-state index in [-0.39, 0.29) is 10.9 Å². The Labute approximate surface area is 162 Å². The van der Waals surface area contributed by atoms with E-state index in [1.54, 1.807) is 13.3 Å². The minimum Gasteiger partial charge on any atom is -0.377 e. The number of hydrogen-bond donors (Lipinski definition) is 0. The Morgan fingerprint density at radius 1 is 1.18 bits per heavy atom. The molecule has 0 atom stereocenters. The highest BCUT2D eigenvalue weighted by atomic mass is 32.2. The Hall–Kier alpha value is -2.36. The maximum absolute atomic E-state index is 13.1. The molecular formula is C19H21FN4O3S. The Morgan fingerprint density at radius 3 is 2.57 bits per heavy atom. The smallest absolute Gasteiger partial charge is 0.243 e. The number of ether oxygens (including phenoxy) is 1. The van der Waals surface area contributed by atoms with Gasteiger partial charge in [-0.25, -0.2) is 22.8 Å². The lowest BCUT2D eigenvalue weighted by Gasteiger charge is -2.32. The maximum atomic E-state index is 13.1. The zero-order valence-corrected chi connectivity index (χ0v) is 16.3. The first kappa shape index (κ1) is 19.0. The van der Waals surface area contributed by atoms with Gasteiger partial charge in [-0.1, -0.05) is 0 Å². The molecule has 148 valence electrons. The second-order valence-electron chi connectivity index (χ2n) is 6.77. The van der Waals surface area contributed by atoms with Crippen molar-refractivity contribution in [1.82, 2.24) is 18.8 Å². The van der Waals surface area contributed by atoms with E-state index in [0.29, 0.717) is 32.5 Å². The Kier molecular flexibility index (Phi) is 5.13. The van der Waals surface area contributed by atoms with E-state index in [9.17, 15) is 12.8 Å². The third-order valence-corrected chi connectivity index (χ3v) is 6.95. The standard InChI is InChI=1S/C19H21FN4O3S/c1-27-13-18-22-17-3-2-10-21-19(17)24(18)15-8-11-23(12-9-15)28(25,26)16-6-4-14(20)5-7-16/h2-7,10,15H,8-9,11-13H2,1H3. The van der Waals surface area contributed by atoms with Crippen molar-refractivity contribution < 1.29 is 17.5 Å². The number of nitrogens with zero attached hydrogens (tertiary/aromatic N) is 4. The maximum Gasteiger partial charge on any atom is 0.243 e. The molecule has 1 saturated heterocycles. The predicted octanol–water partition coefficient (Wildman–Crippen LogP) is 2.74. The highest BCUT2D eigenvalue weighted by Crippen LogP contribution is 2.30.